The van der Waals surface area contributed by atoms with Gasteiger partial charge < -0.3 is 29.6 Å². The van der Waals surface area contributed by atoms with Gasteiger partial charge in [-0.2, -0.15) is 0 Å². The second kappa shape index (κ2) is 12.0. The summed E-state index contributed by atoms with van der Waals surface area (Å²) in [5.41, 5.74) is 1.60. The number of nitrogens with one attached hydrogen (secondary N) is 2. The van der Waals surface area contributed by atoms with E-state index < -0.39 is 0 Å². The van der Waals surface area contributed by atoms with Crippen LogP contribution in [-0.4, -0.2) is 38.7 Å². The second-order valence-electron chi connectivity index (χ2n) is 8.41. The maximum atomic E-state index is 12.8. The molecule has 0 aliphatic heterocycles. The van der Waals surface area contributed by atoms with Gasteiger partial charge in [0.1, 0.15) is 11.5 Å². The largest absolute Gasteiger partial charge is 0.495 e. The predicted octanol–water partition coefficient (Wildman–Crippen LogP) is 5.30. The highest BCUT2D eigenvalue weighted by Crippen LogP contribution is 2.29. The molecular weight excluding hydrogens is 460 g/mol. The van der Waals surface area contributed by atoms with E-state index in [1.807, 2.05) is 30.3 Å². The van der Waals surface area contributed by atoms with Crippen LogP contribution in [0.5, 0.6) is 23.0 Å². The van der Waals surface area contributed by atoms with Crippen molar-refractivity contribution in [2.75, 3.05) is 31.5 Å². The third kappa shape index (κ3) is 6.47. The summed E-state index contributed by atoms with van der Waals surface area (Å²) in [7, 11) is 3.01. The van der Waals surface area contributed by atoms with E-state index in [1.54, 1.807) is 36.4 Å². The standard InChI is InChI=1S/C28H30N2O6/c1-33-24-10-6-5-9-23(24)30-27(31)18-35-25-16-11-19(17-26(25)34-2)28(32)29-20-12-14-22(15-13-20)36-21-7-3-4-8-21/h5-6,9-17,21H,3-4,7-8,18H2,1-2H3,(H,29,32)(H,30,31). The Morgan fingerprint density at radius 3 is 2.28 bits per heavy atom. The molecule has 0 heterocycles. The van der Waals surface area contributed by atoms with Crippen LogP contribution >= 0.6 is 0 Å². The number of anilines is 2. The van der Waals surface area contributed by atoms with Crippen molar-refractivity contribution in [3.05, 3.63) is 72.3 Å². The molecule has 1 saturated carbocycles. The maximum absolute atomic E-state index is 12.8. The van der Waals surface area contributed by atoms with E-state index >= 15 is 0 Å². The van der Waals surface area contributed by atoms with Gasteiger partial charge in [-0.05, 0) is 80.3 Å². The number of ether oxygens (including phenoxy) is 4. The van der Waals surface area contributed by atoms with Crippen LogP contribution in [-0.2, 0) is 4.79 Å². The molecule has 0 atom stereocenters. The van der Waals surface area contributed by atoms with E-state index in [-0.39, 0.29) is 24.5 Å². The molecule has 3 aromatic rings. The molecule has 1 aliphatic rings. The van der Waals surface area contributed by atoms with Gasteiger partial charge in [-0.1, -0.05) is 12.1 Å². The Bertz CT molecular complexity index is 1190. The third-order valence-corrected chi connectivity index (χ3v) is 5.88. The van der Waals surface area contributed by atoms with Crippen LogP contribution in [0.2, 0.25) is 0 Å². The summed E-state index contributed by atoms with van der Waals surface area (Å²) in [5.74, 6) is 1.39. The average Bonchev–Trinajstić information content (AvgIpc) is 3.42. The number of hydrogen-bond acceptors (Lipinski definition) is 6. The highest BCUT2D eigenvalue weighted by Gasteiger charge is 2.17. The Morgan fingerprint density at radius 2 is 1.56 bits per heavy atom. The summed E-state index contributed by atoms with van der Waals surface area (Å²) in [6.07, 6.45) is 4.88. The normalized spacial score (nSPS) is 13.1. The van der Waals surface area contributed by atoms with Crippen LogP contribution in [0.4, 0.5) is 11.4 Å². The Morgan fingerprint density at radius 1 is 0.833 bits per heavy atom. The molecule has 0 aromatic heterocycles. The lowest BCUT2D eigenvalue weighted by molar-refractivity contribution is -0.118. The molecule has 8 nitrogen and oxygen atoms in total. The Kier molecular flexibility index (Phi) is 8.28. The quantitative estimate of drug-likeness (QED) is 0.401. The van der Waals surface area contributed by atoms with E-state index in [9.17, 15) is 9.59 Å². The first-order valence-electron chi connectivity index (χ1n) is 11.9. The number of methoxy groups -OCH3 is 2. The Labute approximate surface area is 210 Å². The second-order valence-corrected chi connectivity index (χ2v) is 8.41. The first kappa shape index (κ1) is 24.9. The molecule has 3 aromatic carbocycles. The van der Waals surface area contributed by atoms with Gasteiger partial charge in [-0.15, -0.1) is 0 Å². The van der Waals surface area contributed by atoms with Gasteiger partial charge in [0, 0.05) is 11.3 Å². The van der Waals surface area contributed by atoms with E-state index in [0.29, 0.717) is 34.2 Å². The van der Waals surface area contributed by atoms with Crippen LogP contribution < -0.4 is 29.6 Å². The zero-order chi connectivity index (χ0) is 25.3. The molecule has 0 radical (unpaired) electrons. The molecule has 2 N–H and O–H groups in total. The van der Waals surface area contributed by atoms with Crippen LogP contribution in [0.1, 0.15) is 36.0 Å². The SMILES string of the molecule is COc1ccccc1NC(=O)COc1ccc(C(=O)Nc2ccc(OC3CCCC3)cc2)cc1OC. The molecule has 0 bridgehead atoms. The number of amides is 2. The minimum absolute atomic E-state index is 0.241. The number of carbonyl (C=O) groups is 2. The molecule has 0 saturated heterocycles. The van der Waals surface area contributed by atoms with Crippen LogP contribution in [0.15, 0.2) is 66.7 Å². The molecule has 1 aliphatic carbocycles. The number of benzene rings is 3. The smallest absolute Gasteiger partial charge is 0.262 e. The van der Waals surface area contributed by atoms with Crippen LogP contribution in [0, 0.1) is 0 Å². The van der Waals surface area contributed by atoms with Crippen molar-refractivity contribution in [1.82, 2.24) is 0 Å². The van der Waals surface area contributed by atoms with E-state index in [2.05, 4.69) is 10.6 Å². The zero-order valence-corrected chi connectivity index (χ0v) is 20.4. The lowest BCUT2D eigenvalue weighted by Crippen LogP contribution is -2.20. The molecule has 2 amide bonds. The summed E-state index contributed by atoms with van der Waals surface area (Å²) in [6.45, 7) is -0.241. The molecule has 188 valence electrons. The Balaban J connectivity index is 1.33. The lowest BCUT2D eigenvalue weighted by atomic mass is 10.1. The average molecular weight is 491 g/mol. The van der Waals surface area contributed by atoms with Crippen molar-refractivity contribution in [2.45, 2.75) is 31.8 Å². The zero-order valence-electron chi connectivity index (χ0n) is 20.4. The minimum Gasteiger partial charge on any atom is -0.495 e. The van der Waals surface area contributed by atoms with Gasteiger partial charge >= 0.3 is 0 Å². The predicted molar refractivity (Wildman–Crippen MR) is 137 cm³/mol. The number of rotatable bonds is 10. The highest BCUT2D eigenvalue weighted by molar-refractivity contribution is 6.04. The molecule has 0 unspecified atom stereocenters. The number of para-hydroxylation sites is 2. The van der Waals surface area contributed by atoms with E-state index in [1.165, 1.54) is 27.1 Å². The monoisotopic (exact) mass is 490 g/mol. The summed E-state index contributed by atoms with van der Waals surface area (Å²) in [6, 6.07) is 19.2. The number of hydrogen-bond donors (Lipinski definition) is 2. The van der Waals surface area contributed by atoms with Gasteiger partial charge in [-0.3, -0.25) is 9.59 Å². The third-order valence-electron chi connectivity index (χ3n) is 5.88. The van der Waals surface area contributed by atoms with Crippen LogP contribution in [0.3, 0.4) is 0 Å². The minimum atomic E-state index is -0.358. The van der Waals surface area contributed by atoms with Crippen molar-refractivity contribution in [3.8, 4) is 23.0 Å². The first-order valence-corrected chi connectivity index (χ1v) is 11.9. The van der Waals surface area contributed by atoms with Crippen molar-refractivity contribution < 1.29 is 28.5 Å². The number of carbonyl (C=O) groups excluding carboxylic acids is 2. The van der Waals surface area contributed by atoms with Crippen LogP contribution in [0.25, 0.3) is 0 Å². The Hall–Kier alpha value is -4.20. The topological polar surface area (TPSA) is 95.1 Å². The van der Waals surface area contributed by atoms with Gasteiger partial charge in [0.05, 0.1) is 26.0 Å². The maximum Gasteiger partial charge on any atom is 0.262 e. The molecular formula is C28H30N2O6. The molecule has 8 heteroatoms. The molecule has 1 fully saturated rings. The molecule has 4 rings (SSSR count). The summed E-state index contributed by atoms with van der Waals surface area (Å²) >= 11 is 0. The van der Waals surface area contributed by atoms with Gasteiger partial charge in [0.2, 0.25) is 0 Å². The van der Waals surface area contributed by atoms with Gasteiger partial charge in [0.15, 0.2) is 18.1 Å². The lowest BCUT2D eigenvalue weighted by Gasteiger charge is -2.14. The van der Waals surface area contributed by atoms with Crippen molar-refractivity contribution >= 4 is 23.2 Å². The molecule has 0 spiro atoms. The van der Waals surface area contributed by atoms with Crippen molar-refractivity contribution in [3.63, 3.8) is 0 Å². The van der Waals surface area contributed by atoms with E-state index in [4.69, 9.17) is 18.9 Å². The van der Waals surface area contributed by atoms with Gasteiger partial charge in [0.25, 0.3) is 11.8 Å². The fourth-order valence-electron chi connectivity index (χ4n) is 4.02. The van der Waals surface area contributed by atoms with Crippen molar-refractivity contribution in [2.24, 2.45) is 0 Å². The fourth-order valence-corrected chi connectivity index (χ4v) is 4.02. The molecule has 36 heavy (non-hydrogen) atoms. The summed E-state index contributed by atoms with van der Waals surface area (Å²) in [4.78, 5) is 25.1. The first-order chi connectivity index (χ1) is 17.6. The fraction of sp³-hybridized carbons (Fsp3) is 0.286. The highest BCUT2D eigenvalue weighted by atomic mass is 16.5. The van der Waals surface area contributed by atoms with Gasteiger partial charge in [-0.25, -0.2) is 0 Å². The summed E-state index contributed by atoms with van der Waals surface area (Å²) in [5, 5.41) is 5.62. The van der Waals surface area contributed by atoms with Crippen molar-refractivity contribution in [1.29, 1.82) is 0 Å². The summed E-state index contributed by atoms with van der Waals surface area (Å²) < 4.78 is 22.2. The van der Waals surface area contributed by atoms with E-state index in [0.717, 1.165) is 18.6 Å².